The lowest BCUT2D eigenvalue weighted by Gasteiger charge is -2.57. The van der Waals surface area contributed by atoms with Gasteiger partial charge in [0, 0.05) is 49.7 Å². The van der Waals surface area contributed by atoms with Gasteiger partial charge in [-0.2, -0.15) is 0 Å². The SMILES string of the molecule is O=C1CCN(C2C3CC4CC(C3)CC2C4)CCN1Cc1cc2c(cc1Cl)OCO2. The van der Waals surface area contributed by atoms with Gasteiger partial charge in [0.15, 0.2) is 11.5 Å². The highest BCUT2D eigenvalue weighted by molar-refractivity contribution is 6.31. The molecule has 4 saturated carbocycles. The largest absolute Gasteiger partial charge is 0.454 e. The number of rotatable bonds is 3. The molecule has 1 amide bonds. The Morgan fingerprint density at radius 2 is 1.62 bits per heavy atom. The molecule has 1 aromatic rings. The molecule has 0 radical (unpaired) electrons. The van der Waals surface area contributed by atoms with Crippen LogP contribution in [-0.2, 0) is 11.3 Å². The maximum absolute atomic E-state index is 12.9. The van der Waals surface area contributed by atoms with Crippen molar-refractivity contribution in [1.82, 2.24) is 9.80 Å². The van der Waals surface area contributed by atoms with Gasteiger partial charge < -0.3 is 14.4 Å². The van der Waals surface area contributed by atoms with Crippen molar-refractivity contribution in [3.05, 3.63) is 22.7 Å². The number of hydrogen-bond acceptors (Lipinski definition) is 4. The molecular formula is C23H29ClN2O3. The lowest BCUT2D eigenvalue weighted by molar-refractivity contribution is -0.131. The van der Waals surface area contributed by atoms with Gasteiger partial charge in [-0.05, 0) is 67.4 Å². The summed E-state index contributed by atoms with van der Waals surface area (Å²) in [6.07, 6.45) is 7.82. The van der Waals surface area contributed by atoms with Crippen LogP contribution in [0.5, 0.6) is 11.5 Å². The van der Waals surface area contributed by atoms with E-state index in [9.17, 15) is 4.79 Å². The Balaban J connectivity index is 1.16. The monoisotopic (exact) mass is 416 g/mol. The van der Waals surface area contributed by atoms with Gasteiger partial charge >= 0.3 is 0 Å². The highest BCUT2D eigenvalue weighted by Crippen LogP contribution is 2.55. The second-order valence-corrected chi connectivity index (χ2v) is 10.2. The Kier molecular flexibility index (Phi) is 4.46. The van der Waals surface area contributed by atoms with Crippen molar-refractivity contribution in [2.45, 2.75) is 51.1 Å². The molecule has 4 aliphatic carbocycles. The van der Waals surface area contributed by atoms with E-state index in [2.05, 4.69) is 4.90 Å². The Bertz CT molecular complexity index is 801. The second-order valence-electron chi connectivity index (χ2n) is 9.82. The summed E-state index contributed by atoms with van der Waals surface area (Å²) in [7, 11) is 0. The lowest BCUT2D eigenvalue weighted by Crippen LogP contribution is -2.56. The van der Waals surface area contributed by atoms with Gasteiger partial charge in [-0.25, -0.2) is 0 Å². The third kappa shape index (κ3) is 3.21. The number of ether oxygens (including phenoxy) is 2. The smallest absolute Gasteiger partial charge is 0.231 e. The quantitative estimate of drug-likeness (QED) is 0.748. The fourth-order valence-corrected chi connectivity index (χ4v) is 7.34. The van der Waals surface area contributed by atoms with Gasteiger partial charge in [-0.3, -0.25) is 9.69 Å². The number of halogens is 1. The molecule has 0 N–H and O–H groups in total. The number of carbonyl (C=O) groups is 1. The van der Waals surface area contributed by atoms with Gasteiger partial charge in [0.1, 0.15) is 0 Å². The number of carbonyl (C=O) groups excluding carboxylic acids is 1. The molecule has 0 spiro atoms. The van der Waals surface area contributed by atoms with Gasteiger partial charge in [-0.15, -0.1) is 0 Å². The maximum Gasteiger partial charge on any atom is 0.231 e. The van der Waals surface area contributed by atoms with Crippen molar-refractivity contribution < 1.29 is 14.3 Å². The molecule has 0 atom stereocenters. The van der Waals surface area contributed by atoms with Crippen molar-refractivity contribution in [3.8, 4) is 11.5 Å². The van der Waals surface area contributed by atoms with Crippen molar-refractivity contribution in [2.75, 3.05) is 26.4 Å². The van der Waals surface area contributed by atoms with Crippen molar-refractivity contribution in [3.63, 3.8) is 0 Å². The van der Waals surface area contributed by atoms with Gasteiger partial charge in [0.2, 0.25) is 12.7 Å². The van der Waals surface area contributed by atoms with E-state index >= 15 is 0 Å². The van der Waals surface area contributed by atoms with Crippen LogP contribution < -0.4 is 9.47 Å². The van der Waals surface area contributed by atoms with E-state index in [0.29, 0.717) is 29.8 Å². The predicted octanol–water partition coefficient (Wildman–Crippen LogP) is 3.93. The molecule has 6 heteroatoms. The maximum atomic E-state index is 12.9. The molecule has 7 rings (SSSR count). The summed E-state index contributed by atoms with van der Waals surface area (Å²) in [6.45, 7) is 3.46. The normalized spacial score (nSPS) is 36.0. The number of fused-ring (bicyclic) bond motifs is 1. The van der Waals surface area contributed by atoms with E-state index in [-0.39, 0.29) is 12.7 Å². The van der Waals surface area contributed by atoms with E-state index in [1.54, 1.807) is 0 Å². The molecule has 2 aliphatic heterocycles. The van der Waals surface area contributed by atoms with Crippen LogP contribution >= 0.6 is 11.6 Å². The molecule has 6 aliphatic rings. The first-order valence-electron chi connectivity index (χ1n) is 11.2. The van der Waals surface area contributed by atoms with Crippen molar-refractivity contribution in [2.24, 2.45) is 23.7 Å². The minimum absolute atomic E-state index is 0.234. The van der Waals surface area contributed by atoms with Gasteiger partial charge in [0.05, 0.1) is 0 Å². The average Bonchev–Trinajstić information content (AvgIpc) is 3.06. The standard InChI is InChI=1S/C23H29ClN2O3/c24-19-11-21-20(28-13-29-21)10-18(19)12-26-4-3-25(2-1-22(26)27)23-16-6-14-5-15(8-16)9-17(23)7-14/h10-11,14-17,23H,1-9,12-13H2. The minimum Gasteiger partial charge on any atom is -0.454 e. The number of nitrogens with zero attached hydrogens (tertiary/aromatic N) is 2. The summed E-state index contributed by atoms with van der Waals surface area (Å²) in [5.41, 5.74) is 0.937. The van der Waals surface area contributed by atoms with E-state index in [1.165, 1.54) is 32.1 Å². The molecule has 0 unspecified atom stereocenters. The molecule has 1 aromatic carbocycles. The molecule has 29 heavy (non-hydrogen) atoms. The summed E-state index contributed by atoms with van der Waals surface area (Å²) >= 11 is 6.46. The van der Waals surface area contributed by atoms with Crippen molar-refractivity contribution in [1.29, 1.82) is 0 Å². The van der Waals surface area contributed by atoms with Crippen LogP contribution in [0.3, 0.4) is 0 Å². The zero-order valence-electron chi connectivity index (χ0n) is 16.8. The van der Waals surface area contributed by atoms with Crippen LogP contribution in [0, 0.1) is 23.7 Å². The lowest BCUT2D eigenvalue weighted by atomic mass is 9.54. The predicted molar refractivity (Wildman–Crippen MR) is 110 cm³/mol. The third-order valence-electron chi connectivity index (χ3n) is 8.12. The first kappa shape index (κ1) is 18.3. The van der Waals surface area contributed by atoms with Gasteiger partial charge in [-0.1, -0.05) is 11.6 Å². The summed E-state index contributed by atoms with van der Waals surface area (Å²) < 4.78 is 10.9. The summed E-state index contributed by atoms with van der Waals surface area (Å²) in [4.78, 5) is 17.6. The van der Waals surface area contributed by atoms with E-state index < -0.39 is 0 Å². The molecule has 5 nitrogen and oxygen atoms in total. The zero-order valence-corrected chi connectivity index (χ0v) is 17.6. The molecule has 4 bridgehead atoms. The molecular weight excluding hydrogens is 388 g/mol. The Hall–Kier alpha value is -1.46. The highest BCUT2D eigenvalue weighted by atomic mass is 35.5. The van der Waals surface area contributed by atoms with Crippen LogP contribution in [0.15, 0.2) is 12.1 Å². The first-order valence-corrected chi connectivity index (χ1v) is 11.6. The summed E-state index contributed by atoms with van der Waals surface area (Å²) in [5, 5.41) is 0.643. The molecule has 1 saturated heterocycles. The number of benzene rings is 1. The van der Waals surface area contributed by atoms with Crippen LogP contribution in [0.1, 0.15) is 44.1 Å². The number of amides is 1. The van der Waals surface area contributed by atoms with E-state index in [1.807, 2.05) is 17.0 Å². The van der Waals surface area contributed by atoms with Crippen molar-refractivity contribution >= 4 is 17.5 Å². The summed E-state index contributed by atoms with van der Waals surface area (Å²) in [6, 6.07) is 4.45. The van der Waals surface area contributed by atoms with Crippen LogP contribution in [-0.4, -0.2) is 48.2 Å². The van der Waals surface area contributed by atoms with Crippen LogP contribution in [0.2, 0.25) is 5.02 Å². The first-order chi connectivity index (χ1) is 14.1. The fraction of sp³-hybridized carbons (Fsp3) is 0.696. The molecule has 5 fully saturated rings. The third-order valence-corrected chi connectivity index (χ3v) is 8.48. The molecule has 2 heterocycles. The average molecular weight is 417 g/mol. The Morgan fingerprint density at radius 3 is 2.34 bits per heavy atom. The second kappa shape index (κ2) is 7.05. The minimum atomic E-state index is 0.234. The fourth-order valence-electron chi connectivity index (χ4n) is 7.13. The van der Waals surface area contributed by atoms with E-state index in [4.69, 9.17) is 21.1 Å². The topological polar surface area (TPSA) is 42.0 Å². The Labute approximate surface area is 177 Å². The van der Waals surface area contributed by atoms with E-state index in [0.717, 1.165) is 54.6 Å². The summed E-state index contributed by atoms with van der Waals surface area (Å²) in [5.74, 6) is 5.38. The number of hydrogen-bond donors (Lipinski definition) is 0. The Morgan fingerprint density at radius 1 is 0.931 bits per heavy atom. The highest BCUT2D eigenvalue weighted by Gasteiger charge is 2.50. The van der Waals surface area contributed by atoms with Crippen LogP contribution in [0.4, 0.5) is 0 Å². The molecule has 156 valence electrons. The molecule has 0 aromatic heterocycles. The van der Waals surface area contributed by atoms with Crippen LogP contribution in [0.25, 0.3) is 0 Å². The zero-order chi connectivity index (χ0) is 19.5. The van der Waals surface area contributed by atoms with Gasteiger partial charge in [0.25, 0.3) is 0 Å².